The maximum absolute atomic E-state index is 13.3. The Morgan fingerprint density at radius 3 is 2.67 bits per heavy atom. The van der Waals surface area contributed by atoms with E-state index in [0.29, 0.717) is 11.3 Å². The largest absolute Gasteiger partial charge is 0.497 e. The third-order valence-electron chi connectivity index (χ3n) is 5.04. The highest BCUT2D eigenvalue weighted by molar-refractivity contribution is 7.13. The number of hydrogen-bond donors (Lipinski definition) is 1. The quantitative estimate of drug-likeness (QED) is 0.653. The maximum Gasteiger partial charge on any atom is 0.271 e. The number of hydrogen-bond acceptors (Lipinski definition) is 6. The second kappa shape index (κ2) is 9.13. The van der Waals surface area contributed by atoms with Gasteiger partial charge in [0.15, 0.2) is 5.13 Å². The molecule has 0 bridgehead atoms. The van der Waals surface area contributed by atoms with E-state index in [1.165, 1.54) is 23.5 Å². The fourth-order valence-corrected chi connectivity index (χ4v) is 4.26. The molecular formula is C22H23FN4O2S. The smallest absolute Gasteiger partial charge is 0.271 e. The van der Waals surface area contributed by atoms with Gasteiger partial charge in [0.2, 0.25) is 0 Å². The number of methoxy groups -OCH3 is 1. The number of ether oxygens (including phenoxy) is 1. The van der Waals surface area contributed by atoms with E-state index in [1.54, 1.807) is 24.6 Å². The van der Waals surface area contributed by atoms with Crippen LogP contribution in [0.5, 0.6) is 5.75 Å². The Hall–Kier alpha value is -3.13. The molecule has 3 aromatic rings. The van der Waals surface area contributed by atoms with Crippen molar-refractivity contribution in [2.24, 2.45) is 0 Å². The van der Waals surface area contributed by atoms with Gasteiger partial charge in [-0.25, -0.2) is 9.37 Å². The number of carbonyl (C=O) groups excluding carboxylic acids is 1. The summed E-state index contributed by atoms with van der Waals surface area (Å²) in [7, 11) is 1.67. The second-order valence-electron chi connectivity index (χ2n) is 7.00. The van der Waals surface area contributed by atoms with Gasteiger partial charge in [-0.1, -0.05) is 18.2 Å². The molecule has 2 heterocycles. The van der Waals surface area contributed by atoms with E-state index in [9.17, 15) is 9.18 Å². The van der Waals surface area contributed by atoms with Crippen LogP contribution in [0.2, 0.25) is 0 Å². The number of aromatic nitrogens is 1. The SMILES string of the molecule is COc1cccc(N2CCN(c3nc(C(=O)NCc4cccc(F)c4)cs3)CC2)c1. The van der Waals surface area contributed by atoms with Crippen LogP contribution < -0.4 is 19.9 Å². The average Bonchev–Trinajstić information content (AvgIpc) is 3.28. The van der Waals surface area contributed by atoms with E-state index in [0.717, 1.165) is 42.7 Å². The molecule has 0 spiro atoms. The fourth-order valence-electron chi connectivity index (χ4n) is 3.40. The molecule has 2 aromatic carbocycles. The molecule has 1 aliphatic heterocycles. The highest BCUT2D eigenvalue weighted by Crippen LogP contribution is 2.25. The molecule has 1 N–H and O–H groups in total. The second-order valence-corrected chi connectivity index (χ2v) is 7.84. The molecule has 1 saturated heterocycles. The number of thiazole rings is 1. The Balaban J connectivity index is 1.32. The molecule has 156 valence electrons. The van der Waals surface area contributed by atoms with Crippen molar-refractivity contribution in [3.63, 3.8) is 0 Å². The summed E-state index contributed by atoms with van der Waals surface area (Å²) in [5.41, 5.74) is 2.25. The molecule has 0 unspecified atom stereocenters. The minimum atomic E-state index is -0.314. The van der Waals surface area contributed by atoms with Gasteiger partial charge < -0.3 is 19.9 Å². The molecule has 0 atom stereocenters. The number of halogens is 1. The van der Waals surface area contributed by atoms with Gasteiger partial charge in [-0.2, -0.15) is 0 Å². The maximum atomic E-state index is 13.3. The molecule has 0 saturated carbocycles. The van der Waals surface area contributed by atoms with Crippen molar-refractivity contribution >= 4 is 28.1 Å². The topological polar surface area (TPSA) is 57.7 Å². The van der Waals surface area contributed by atoms with Gasteiger partial charge in [0, 0.05) is 49.9 Å². The summed E-state index contributed by atoms with van der Waals surface area (Å²) in [5, 5.41) is 5.41. The summed E-state index contributed by atoms with van der Waals surface area (Å²) in [6, 6.07) is 14.3. The number of nitrogens with zero attached hydrogens (tertiary/aromatic N) is 3. The van der Waals surface area contributed by atoms with Crippen molar-refractivity contribution in [1.82, 2.24) is 10.3 Å². The summed E-state index contributed by atoms with van der Waals surface area (Å²) in [4.78, 5) is 21.4. The van der Waals surface area contributed by atoms with Crippen LogP contribution in [0.3, 0.4) is 0 Å². The molecule has 1 aromatic heterocycles. The number of rotatable bonds is 6. The minimum Gasteiger partial charge on any atom is -0.497 e. The third kappa shape index (κ3) is 4.71. The molecule has 1 amide bonds. The van der Waals surface area contributed by atoms with Crippen LogP contribution in [0.1, 0.15) is 16.1 Å². The van der Waals surface area contributed by atoms with Crippen molar-refractivity contribution in [2.75, 3.05) is 43.1 Å². The molecule has 4 rings (SSSR count). The first-order valence-electron chi connectivity index (χ1n) is 9.74. The molecule has 8 heteroatoms. The zero-order chi connectivity index (χ0) is 20.9. The third-order valence-corrected chi connectivity index (χ3v) is 5.94. The summed E-state index contributed by atoms with van der Waals surface area (Å²) in [6.07, 6.45) is 0. The summed E-state index contributed by atoms with van der Waals surface area (Å²) in [5.74, 6) is 0.284. The first-order valence-corrected chi connectivity index (χ1v) is 10.6. The minimum absolute atomic E-state index is 0.253. The summed E-state index contributed by atoms with van der Waals surface area (Å²) in [6.45, 7) is 3.66. The fraction of sp³-hybridized carbons (Fsp3) is 0.273. The first kappa shape index (κ1) is 20.2. The van der Waals surface area contributed by atoms with Crippen molar-refractivity contribution in [3.8, 4) is 5.75 Å². The van der Waals surface area contributed by atoms with Gasteiger partial charge in [0.1, 0.15) is 17.3 Å². The van der Waals surface area contributed by atoms with E-state index in [4.69, 9.17) is 4.74 Å². The van der Waals surface area contributed by atoms with Gasteiger partial charge in [-0.15, -0.1) is 11.3 Å². The average molecular weight is 427 g/mol. The number of benzene rings is 2. The molecule has 0 radical (unpaired) electrons. The Morgan fingerprint density at radius 1 is 1.13 bits per heavy atom. The van der Waals surface area contributed by atoms with E-state index in [2.05, 4.69) is 26.2 Å². The number of carbonyl (C=O) groups is 1. The van der Waals surface area contributed by atoms with Crippen LogP contribution in [0.25, 0.3) is 0 Å². The van der Waals surface area contributed by atoms with Gasteiger partial charge in [-0.05, 0) is 29.8 Å². The molecule has 6 nitrogen and oxygen atoms in total. The first-order chi connectivity index (χ1) is 14.6. The number of anilines is 2. The Kier molecular flexibility index (Phi) is 6.13. The lowest BCUT2D eigenvalue weighted by Gasteiger charge is -2.36. The molecule has 30 heavy (non-hydrogen) atoms. The van der Waals surface area contributed by atoms with Crippen LogP contribution >= 0.6 is 11.3 Å². The lowest BCUT2D eigenvalue weighted by atomic mass is 10.2. The van der Waals surface area contributed by atoms with Crippen LogP contribution in [0.4, 0.5) is 15.2 Å². The van der Waals surface area contributed by atoms with Crippen molar-refractivity contribution < 1.29 is 13.9 Å². The van der Waals surface area contributed by atoms with E-state index < -0.39 is 0 Å². The van der Waals surface area contributed by atoms with Gasteiger partial charge >= 0.3 is 0 Å². The standard InChI is InChI=1S/C22H23FN4O2S/c1-29-19-7-3-6-18(13-19)26-8-10-27(11-9-26)22-25-20(15-30-22)21(28)24-14-16-4-2-5-17(23)12-16/h2-7,12-13,15H,8-11,14H2,1H3,(H,24,28). The highest BCUT2D eigenvalue weighted by atomic mass is 32.1. The van der Waals surface area contributed by atoms with Crippen molar-refractivity contribution in [2.45, 2.75) is 6.54 Å². The van der Waals surface area contributed by atoms with Crippen LogP contribution in [-0.2, 0) is 6.54 Å². The number of amides is 1. The van der Waals surface area contributed by atoms with Gasteiger partial charge in [0.25, 0.3) is 5.91 Å². The molecule has 1 aliphatic rings. The van der Waals surface area contributed by atoms with Gasteiger partial charge in [0.05, 0.1) is 7.11 Å². The number of piperazine rings is 1. The molecule has 0 aliphatic carbocycles. The summed E-state index contributed by atoms with van der Waals surface area (Å²) >= 11 is 1.47. The lowest BCUT2D eigenvalue weighted by Crippen LogP contribution is -2.46. The zero-order valence-corrected chi connectivity index (χ0v) is 17.5. The molecule has 1 fully saturated rings. The molecular weight excluding hydrogens is 403 g/mol. The van der Waals surface area contributed by atoms with Crippen LogP contribution in [-0.4, -0.2) is 44.2 Å². The normalized spacial score (nSPS) is 13.9. The predicted molar refractivity (Wildman–Crippen MR) is 117 cm³/mol. The van der Waals surface area contributed by atoms with Crippen LogP contribution in [0.15, 0.2) is 53.9 Å². The zero-order valence-electron chi connectivity index (χ0n) is 16.7. The summed E-state index contributed by atoms with van der Waals surface area (Å²) < 4.78 is 18.6. The van der Waals surface area contributed by atoms with Crippen LogP contribution in [0, 0.1) is 5.82 Å². The van der Waals surface area contributed by atoms with Crippen molar-refractivity contribution in [1.29, 1.82) is 0 Å². The highest BCUT2D eigenvalue weighted by Gasteiger charge is 2.21. The Labute approximate surface area is 178 Å². The Morgan fingerprint density at radius 2 is 1.90 bits per heavy atom. The lowest BCUT2D eigenvalue weighted by molar-refractivity contribution is 0.0946. The van der Waals surface area contributed by atoms with E-state index >= 15 is 0 Å². The van der Waals surface area contributed by atoms with E-state index in [1.807, 2.05) is 18.2 Å². The van der Waals surface area contributed by atoms with Gasteiger partial charge in [-0.3, -0.25) is 4.79 Å². The number of nitrogens with one attached hydrogen (secondary N) is 1. The van der Waals surface area contributed by atoms with Crippen molar-refractivity contribution in [3.05, 3.63) is 71.0 Å². The predicted octanol–water partition coefficient (Wildman–Crippen LogP) is 3.55. The van der Waals surface area contributed by atoms with E-state index in [-0.39, 0.29) is 18.3 Å². The monoisotopic (exact) mass is 426 g/mol. The Bertz CT molecular complexity index is 1020.